The van der Waals surface area contributed by atoms with Crippen LogP contribution in [-0.2, 0) is 5.41 Å². The second-order valence-electron chi connectivity index (χ2n) is 3.72. The molecule has 0 unspecified atom stereocenters. The van der Waals surface area contributed by atoms with Crippen molar-refractivity contribution in [1.82, 2.24) is 0 Å². The van der Waals surface area contributed by atoms with Gasteiger partial charge in [-0.3, -0.25) is 0 Å². The van der Waals surface area contributed by atoms with E-state index in [4.69, 9.17) is 16.3 Å². The third kappa shape index (κ3) is 2.48. The number of benzene rings is 1. The Labute approximate surface area is 102 Å². The lowest BCUT2D eigenvalue weighted by molar-refractivity contribution is 0.411. The normalized spacial score (nSPS) is 13.9. The summed E-state index contributed by atoms with van der Waals surface area (Å²) >= 11 is 5.78. The Hall–Kier alpha value is -1.20. The van der Waals surface area contributed by atoms with Crippen LogP contribution in [0, 0.1) is 11.3 Å². The molecule has 86 valence electrons. The smallest absolute Gasteiger partial charge is 0.119 e. The highest BCUT2D eigenvalue weighted by Crippen LogP contribution is 2.33. The van der Waals surface area contributed by atoms with Crippen molar-refractivity contribution in [2.75, 3.05) is 13.0 Å². The maximum absolute atomic E-state index is 9.38. The zero-order valence-corrected chi connectivity index (χ0v) is 10.4. The number of hydrogen-bond acceptors (Lipinski definition) is 2. The van der Waals surface area contributed by atoms with Crippen molar-refractivity contribution in [3.05, 3.63) is 29.8 Å². The third-order valence-electron chi connectivity index (χ3n) is 2.96. The fourth-order valence-corrected chi connectivity index (χ4v) is 2.13. The minimum Gasteiger partial charge on any atom is -0.497 e. The molecule has 0 aliphatic carbocycles. The number of nitrogens with zero attached hydrogens (tertiary/aromatic N) is 1. The van der Waals surface area contributed by atoms with Gasteiger partial charge in [0.2, 0.25) is 0 Å². The monoisotopic (exact) mass is 237 g/mol. The maximum atomic E-state index is 9.38. The molecule has 0 saturated carbocycles. The lowest BCUT2D eigenvalue weighted by Gasteiger charge is -2.25. The van der Waals surface area contributed by atoms with E-state index in [-0.39, 0.29) is 0 Å². The van der Waals surface area contributed by atoms with Crippen molar-refractivity contribution >= 4 is 11.6 Å². The van der Waals surface area contributed by atoms with Crippen LogP contribution in [-0.4, -0.2) is 13.0 Å². The van der Waals surface area contributed by atoms with Crippen molar-refractivity contribution in [2.24, 2.45) is 0 Å². The predicted molar refractivity (Wildman–Crippen MR) is 65.9 cm³/mol. The Morgan fingerprint density at radius 1 is 1.50 bits per heavy atom. The standard InChI is InChI=1S/C13H16ClNO/c1-3-13(10-15,7-8-14)11-5-4-6-12(9-11)16-2/h4-6,9H,3,7-8H2,1-2H3/t13-/m0/s1. The molecular formula is C13H16ClNO. The molecule has 16 heavy (non-hydrogen) atoms. The van der Waals surface area contributed by atoms with E-state index < -0.39 is 5.41 Å². The first-order valence-corrected chi connectivity index (χ1v) is 5.87. The van der Waals surface area contributed by atoms with Crippen molar-refractivity contribution < 1.29 is 4.74 Å². The third-order valence-corrected chi connectivity index (χ3v) is 3.15. The topological polar surface area (TPSA) is 33.0 Å². The second kappa shape index (κ2) is 5.77. The van der Waals surface area contributed by atoms with Gasteiger partial charge in [0.05, 0.1) is 18.6 Å². The van der Waals surface area contributed by atoms with Gasteiger partial charge < -0.3 is 4.74 Å². The molecule has 0 N–H and O–H groups in total. The molecule has 0 spiro atoms. The first-order valence-electron chi connectivity index (χ1n) is 5.34. The summed E-state index contributed by atoms with van der Waals surface area (Å²) in [5, 5.41) is 9.38. The molecular weight excluding hydrogens is 222 g/mol. The van der Waals surface area contributed by atoms with Gasteiger partial charge in [-0.15, -0.1) is 11.6 Å². The van der Waals surface area contributed by atoms with Crippen molar-refractivity contribution in [1.29, 1.82) is 5.26 Å². The average Bonchev–Trinajstić information content (AvgIpc) is 2.36. The maximum Gasteiger partial charge on any atom is 0.119 e. The first-order chi connectivity index (χ1) is 7.72. The summed E-state index contributed by atoms with van der Waals surface area (Å²) in [6, 6.07) is 10.1. The number of ether oxygens (including phenoxy) is 1. The minimum absolute atomic E-state index is 0.485. The van der Waals surface area contributed by atoms with Gasteiger partial charge in [0.1, 0.15) is 5.75 Å². The fraction of sp³-hybridized carbons (Fsp3) is 0.462. The molecule has 0 aliphatic rings. The molecule has 3 heteroatoms. The summed E-state index contributed by atoms with van der Waals surface area (Å²) in [5.74, 6) is 1.26. The number of methoxy groups -OCH3 is 1. The molecule has 1 aromatic rings. The van der Waals surface area contributed by atoms with Crippen LogP contribution in [0.4, 0.5) is 0 Å². The molecule has 1 rings (SSSR count). The van der Waals surface area contributed by atoms with Gasteiger partial charge in [-0.05, 0) is 30.5 Å². The Bertz CT molecular complexity index is 386. The molecule has 0 bridgehead atoms. The Morgan fingerprint density at radius 3 is 2.75 bits per heavy atom. The molecule has 0 fully saturated rings. The van der Waals surface area contributed by atoms with Crippen LogP contribution in [0.25, 0.3) is 0 Å². The van der Waals surface area contributed by atoms with Crippen molar-refractivity contribution in [2.45, 2.75) is 25.2 Å². The van der Waals surface area contributed by atoms with Crippen LogP contribution in [0.15, 0.2) is 24.3 Å². The molecule has 2 nitrogen and oxygen atoms in total. The Morgan fingerprint density at radius 2 is 2.25 bits per heavy atom. The highest BCUT2D eigenvalue weighted by Gasteiger charge is 2.29. The Kier molecular flexibility index (Phi) is 4.64. The predicted octanol–water partition coefficient (Wildman–Crippen LogP) is 3.50. The van der Waals surface area contributed by atoms with Gasteiger partial charge in [-0.25, -0.2) is 0 Å². The van der Waals surface area contributed by atoms with Crippen molar-refractivity contribution in [3.63, 3.8) is 0 Å². The minimum atomic E-state index is -0.490. The zero-order valence-electron chi connectivity index (χ0n) is 9.66. The summed E-state index contributed by atoms with van der Waals surface area (Å²) in [7, 11) is 1.63. The highest BCUT2D eigenvalue weighted by atomic mass is 35.5. The highest BCUT2D eigenvalue weighted by molar-refractivity contribution is 6.17. The van der Waals surface area contributed by atoms with E-state index in [9.17, 15) is 5.26 Å². The van der Waals surface area contributed by atoms with Gasteiger partial charge in [-0.1, -0.05) is 19.1 Å². The largest absolute Gasteiger partial charge is 0.497 e. The van der Waals surface area contributed by atoms with E-state index >= 15 is 0 Å². The van der Waals surface area contributed by atoms with E-state index in [1.165, 1.54) is 0 Å². The van der Waals surface area contributed by atoms with Crippen LogP contribution in [0.3, 0.4) is 0 Å². The number of alkyl halides is 1. The van der Waals surface area contributed by atoms with Crippen molar-refractivity contribution in [3.8, 4) is 11.8 Å². The molecule has 0 aliphatic heterocycles. The van der Waals surface area contributed by atoms with E-state index in [0.717, 1.165) is 17.7 Å². The van der Waals surface area contributed by atoms with Gasteiger partial charge in [0.25, 0.3) is 0 Å². The number of rotatable bonds is 5. The van der Waals surface area contributed by atoms with Gasteiger partial charge in [-0.2, -0.15) is 5.26 Å². The summed E-state index contributed by atoms with van der Waals surface area (Å²) < 4.78 is 5.17. The lowest BCUT2D eigenvalue weighted by Crippen LogP contribution is -2.23. The van der Waals surface area contributed by atoms with Crippen LogP contribution < -0.4 is 4.74 Å². The second-order valence-corrected chi connectivity index (χ2v) is 4.10. The van der Waals surface area contributed by atoms with E-state index in [1.54, 1.807) is 7.11 Å². The lowest BCUT2D eigenvalue weighted by atomic mass is 9.77. The van der Waals surface area contributed by atoms with Crippen LogP contribution in [0.2, 0.25) is 0 Å². The van der Waals surface area contributed by atoms with Crippen LogP contribution in [0.1, 0.15) is 25.3 Å². The molecule has 0 radical (unpaired) electrons. The zero-order chi connectivity index (χ0) is 12.0. The molecule has 1 aromatic carbocycles. The average molecular weight is 238 g/mol. The molecule has 0 aromatic heterocycles. The number of nitriles is 1. The van der Waals surface area contributed by atoms with Gasteiger partial charge in [0.15, 0.2) is 0 Å². The Balaban J connectivity index is 3.15. The van der Waals surface area contributed by atoms with E-state index in [1.807, 2.05) is 31.2 Å². The van der Waals surface area contributed by atoms with Gasteiger partial charge >= 0.3 is 0 Å². The molecule has 0 saturated heterocycles. The fourth-order valence-electron chi connectivity index (χ4n) is 1.81. The summed E-state index contributed by atoms with van der Waals surface area (Å²) in [6.07, 6.45) is 1.41. The summed E-state index contributed by atoms with van der Waals surface area (Å²) in [6.45, 7) is 2.01. The number of hydrogen-bond donors (Lipinski definition) is 0. The first kappa shape index (κ1) is 12.9. The molecule has 1 atom stereocenters. The van der Waals surface area contributed by atoms with Crippen LogP contribution >= 0.6 is 11.6 Å². The number of halogens is 1. The van der Waals surface area contributed by atoms with E-state index in [2.05, 4.69) is 6.07 Å². The van der Waals surface area contributed by atoms with Crippen LogP contribution in [0.5, 0.6) is 5.75 Å². The van der Waals surface area contributed by atoms with Gasteiger partial charge in [0, 0.05) is 5.88 Å². The quantitative estimate of drug-likeness (QED) is 0.735. The molecule has 0 amide bonds. The van der Waals surface area contributed by atoms with E-state index in [0.29, 0.717) is 12.3 Å². The molecule has 0 heterocycles. The SMILES string of the molecule is CC[C@@](C#N)(CCCl)c1cccc(OC)c1. The summed E-state index contributed by atoms with van der Waals surface area (Å²) in [4.78, 5) is 0. The summed E-state index contributed by atoms with van der Waals surface area (Å²) in [5.41, 5.74) is 0.494.